The number of furan rings is 1. The van der Waals surface area contributed by atoms with Crippen LogP contribution in [0.15, 0.2) is 33.7 Å². The Morgan fingerprint density at radius 2 is 2.25 bits per heavy atom. The van der Waals surface area contributed by atoms with Gasteiger partial charge in [-0.15, -0.1) is 5.10 Å². The summed E-state index contributed by atoms with van der Waals surface area (Å²) in [7, 11) is 0. The van der Waals surface area contributed by atoms with Crippen LogP contribution < -0.4 is 5.73 Å². The van der Waals surface area contributed by atoms with E-state index >= 15 is 0 Å². The maximum atomic E-state index is 5.51. The molecule has 0 unspecified atom stereocenters. The molecule has 3 rings (SSSR count). The summed E-state index contributed by atoms with van der Waals surface area (Å²) < 4.78 is 7.31. The summed E-state index contributed by atoms with van der Waals surface area (Å²) in [6, 6.07) is 3.61. The minimum atomic E-state index is 0.189. The van der Waals surface area contributed by atoms with Crippen molar-refractivity contribution in [3.63, 3.8) is 0 Å². The lowest BCUT2D eigenvalue weighted by Crippen LogP contribution is -2.00. The SMILES string of the molecule is Nc1nc(Br)n(-c2nccc3occc23)n1. The van der Waals surface area contributed by atoms with Crippen molar-refractivity contribution in [2.24, 2.45) is 0 Å². The van der Waals surface area contributed by atoms with E-state index in [0.717, 1.165) is 11.0 Å². The molecule has 0 radical (unpaired) electrons. The highest BCUT2D eigenvalue weighted by molar-refractivity contribution is 9.10. The predicted molar refractivity (Wildman–Crippen MR) is 61.0 cm³/mol. The first-order valence-corrected chi connectivity index (χ1v) is 5.25. The van der Waals surface area contributed by atoms with Crippen molar-refractivity contribution in [1.82, 2.24) is 19.7 Å². The first-order valence-electron chi connectivity index (χ1n) is 4.46. The molecule has 80 valence electrons. The second kappa shape index (κ2) is 3.31. The molecule has 7 heteroatoms. The van der Waals surface area contributed by atoms with Gasteiger partial charge in [0.1, 0.15) is 5.58 Å². The Morgan fingerprint density at radius 3 is 3.00 bits per heavy atom. The molecule has 0 bridgehead atoms. The van der Waals surface area contributed by atoms with Gasteiger partial charge in [-0.05, 0) is 28.1 Å². The summed E-state index contributed by atoms with van der Waals surface area (Å²) in [6.45, 7) is 0. The fourth-order valence-electron chi connectivity index (χ4n) is 1.49. The number of nitrogen functional groups attached to an aromatic ring is 1. The zero-order valence-electron chi connectivity index (χ0n) is 7.96. The number of hydrogen-bond acceptors (Lipinski definition) is 5. The first kappa shape index (κ1) is 9.34. The normalized spacial score (nSPS) is 11.1. The maximum absolute atomic E-state index is 5.51. The molecule has 2 N–H and O–H groups in total. The van der Waals surface area contributed by atoms with E-state index in [1.807, 2.05) is 6.07 Å². The molecule has 0 spiro atoms. The van der Waals surface area contributed by atoms with Crippen LogP contribution in [0.3, 0.4) is 0 Å². The third-order valence-corrected chi connectivity index (χ3v) is 2.66. The van der Waals surface area contributed by atoms with Gasteiger partial charge in [-0.25, -0.2) is 4.98 Å². The lowest BCUT2D eigenvalue weighted by atomic mass is 10.3. The molecular formula is C9H6BrN5O. The van der Waals surface area contributed by atoms with Crippen LogP contribution in [0.25, 0.3) is 16.8 Å². The van der Waals surface area contributed by atoms with Crippen LogP contribution in [0.1, 0.15) is 0 Å². The first-order chi connectivity index (χ1) is 7.75. The predicted octanol–water partition coefficient (Wildman–Crippen LogP) is 1.75. The number of aromatic nitrogens is 4. The Morgan fingerprint density at radius 1 is 1.38 bits per heavy atom. The number of pyridine rings is 1. The molecule has 0 aromatic carbocycles. The number of nitrogens with two attached hydrogens (primary N) is 1. The molecule has 0 saturated heterocycles. The van der Waals surface area contributed by atoms with Crippen LogP contribution in [0, 0.1) is 0 Å². The Bertz CT molecular complexity index is 659. The van der Waals surface area contributed by atoms with Crippen LogP contribution >= 0.6 is 15.9 Å². The molecule has 0 atom stereocenters. The van der Waals surface area contributed by atoms with Crippen LogP contribution in [-0.4, -0.2) is 19.7 Å². The van der Waals surface area contributed by atoms with Gasteiger partial charge in [-0.2, -0.15) is 9.67 Å². The molecule has 0 aliphatic carbocycles. The highest BCUT2D eigenvalue weighted by Gasteiger charge is 2.12. The van der Waals surface area contributed by atoms with E-state index in [9.17, 15) is 0 Å². The van der Waals surface area contributed by atoms with Gasteiger partial charge in [-0.3, -0.25) is 0 Å². The van der Waals surface area contributed by atoms with Crippen LogP contribution in [0.4, 0.5) is 5.95 Å². The second-order valence-electron chi connectivity index (χ2n) is 3.12. The maximum Gasteiger partial charge on any atom is 0.240 e. The van der Waals surface area contributed by atoms with Gasteiger partial charge in [0.15, 0.2) is 5.82 Å². The molecule has 0 saturated carbocycles. The van der Waals surface area contributed by atoms with E-state index < -0.39 is 0 Å². The summed E-state index contributed by atoms with van der Waals surface area (Å²) in [4.78, 5) is 8.19. The average Bonchev–Trinajstić information content (AvgIpc) is 2.84. The van der Waals surface area contributed by atoms with Crippen LogP contribution in [-0.2, 0) is 0 Å². The highest BCUT2D eigenvalue weighted by Crippen LogP contribution is 2.23. The molecule has 3 heterocycles. The topological polar surface area (TPSA) is 82.8 Å². The third kappa shape index (κ3) is 1.28. The molecule has 6 nitrogen and oxygen atoms in total. The zero-order chi connectivity index (χ0) is 11.1. The van der Waals surface area contributed by atoms with E-state index in [2.05, 4.69) is 31.0 Å². The van der Waals surface area contributed by atoms with Crippen molar-refractivity contribution in [3.05, 3.63) is 29.3 Å². The molecule has 3 aromatic rings. The van der Waals surface area contributed by atoms with Crippen molar-refractivity contribution < 1.29 is 4.42 Å². The van der Waals surface area contributed by atoms with E-state index in [0.29, 0.717) is 10.6 Å². The third-order valence-electron chi connectivity index (χ3n) is 2.14. The summed E-state index contributed by atoms with van der Waals surface area (Å²) in [5.74, 6) is 0.816. The van der Waals surface area contributed by atoms with Gasteiger partial charge in [0.2, 0.25) is 10.7 Å². The molecule has 3 aromatic heterocycles. The minimum Gasteiger partial charge on any atom is -0.464 e. The Kier molecular flexibility index (Phi) is 1.93. The molecule has 0 aliphatic heterocycles. The number of fused-ring (bicyclic) bond motifs is 1. The van der Waals surface area contributed by atoms with Gasteiger partial charge < -0.3 is 10.2 Å². The Hall–Kier alpha value is -1.89. The molecule has 0 aliphatic rings. The zero-order valence-corrected chi connectivity index (χ0v) is 9.55. The molecule has 16 heavy (non-hydrogen) atoms. The number of anilines is 1. The molecule has 0 fully saturated rings. The minimum absolute atomic E-state index is 0.189. The van der Waals surface area contributed by atoms with Crippen molar-refractivity contribution in [2.45, 2.75) is 0 Å². The largest absolute Gasteiger partial charge is 0.464 e. The van der Waals surface area contributed by atoms with E-state index in [1.165, 1.54) is 4.68 Å². The fraction of sp³-hybridized carbons (Fsp3) is 0. The average molecular weight is 280 g/mol. The van der Waals surface area contributed by atoms with Gasteiger partial charge >= 0.3 is 0 Å². The lowest BCUT2D eigenvalue weighted by Gasteiger charge is -2.00. The van der Waals surface area contributed by atoms with E-state index in [-0.39, 0.29) is 5.95 Å². The Balaban J connectivity index is 2.33. The van der Waals surface area contributed by atoms with Crippen molar-refractivity contribution in [2.75, 3.05) is 5.73 Å². The number of hydrogen-bond donors (Lipinski definition) is 1. The number of rotatable bonds is 1. The van der Waals surface area contributed by atoms with Crippen LogP contribution in [0.5, 0.6) is 0 Å². The summed E-state index contributed by atoms with van der Waals surface area (Å²) >= 11 is 3.27. The smallest absolute Gasteiger partial charge is 0.240 e. The van der Waals surface area contributed by atoms with Gasteiger partial charge in [-0.1, -0.05) is 0 Å². The highest BCUT2D eigenvalue weighted by atomic mass is 79.9. The standard InChI is InChI=1S/C9H6BrN5O/c10-8-13-9(11)14-15(8)7-5-2-4-16-6(5)1-3-12-7/h1-4H,(H2,11,14). The monoisotopic (exact) mass is 279 g/mol. The summed E-state index contributed by atoms with van der Waals surface area (Å²) in [6.07, 6.45) is 3.25. The van der Waals surface area contributed by atoms with Crippen molar-refractivity contribution in [3.8, 4) is 5.82 Å². The van der Waals surface area contributed by atoms with E-state index in [1.54, 1.807) is 18.5 Å². The number of nitrogens with zero attached hydrogens (tertiary/aromatic N) is 4. The van der Waals surface area contributed by atoms with Crippen molar-refractivity contribution in [1.29, 1.82) is 0 Å². The van der Waals surface area contributed by atoms with Crippen molar-refractivity contribution >= 4 is 32.8 Å². The van der Waals surface area contributed by atoms with Gasteiger partial charge in [0.05, 0.1) is 11.6 Å². The van der Waals surface area contributed by atoms with E-state index in [4.69, 9.17) is 10.2 Å². The van der Waals surface area contributed by atoms with Gasteiger partial charge in [0, 0.05) is 6.20 Å². The second-order valence-corrected chi connectivity index (χ2v) is 3.83. The van der Waals surface area contributed by atoms with Gasteiger partial charge in [0.25, 0.3) is 0 Å². The molecule has 0 amide bonds. The lowest BCUT2D eigenvalue weighted by molar-refractivity contribution is 0.615. The number of halogens is 1. The Labute approximate surface area is 98.2 Å². The molecular weight excluding hydrogens is 274 g/mol. The fourth-order valence-corrected chi connectivity index (χ4v) is 1.92. The summed E-state index contributed by atoms with van der Waals surface area (Å²) in [5.41, 5.74) is 6.25. The summed E-state index contributed by atoms with van der Waals surface area (Å²) in [5, 5.41) is 4.90. The van der Waals surface area contributed by atoms with Crippen LogP contribution in [0.2, 0.25) is 0 Å². The quantitative estimate of drug-likeness (QED) is 0.734.